The number of amides is 1. The monoisotopic (exact) mass is 443 g/mol. The summed E-state index contributed by atoms with van der Waals surface area (Å²) in [7, 11) is -0.638. The van der Waals surface area contributed by atoms with Crippen molar-refractivity contribution in [1.82, 2.24) is 14.5 Å². The molecule has 0 aliphatic carbocycles. The van der Waals surface area contributed by atoms with E-state index in [-0.39, 0.29) is 16.3 Å². The van der Waals surface area contributed by atoms with Gasteiger partial charge in [-0.2, -0.15) is 0 Å². The van der Waals surface area contributed by atoms with E-state index in [0.717, 1.165) is 25.1 Å². The molecule has 0 fully saturated rings. The molecular formula is C24H33N3O3S. The first-order valence-electron chi connectivity index (χ1n) is 10.6. The average molecular weight is 444 g/mol. The van der Waals surface area contributed by atoms with E-state index in [0.29, 0.717) is 17.7 Å². The van der Waals surface area contributed by atoms with Gasteiger partial charge in [0.2, 0.25) is 10.0 Å². The van der Waals surface area contributed by atoms with Crippen LogP contribution in [0.15, 0.2) is 41.3 Å². The lowest BCUT2D eigenvalue weighted by Crippen LogP contribution is -2.53. The zero-order valence-corrected chi connectivity index (χ0v) is 20.1. The van der Waals surface area contributed by atoms with Crippen LogP contribution in [0.1, 0.15) is 46.5 Å². The van der Waals surface area contributed by atoms with Crippen molar-refractivity contribution in [1.29, 1.82) is 0 Å². The summed E-state index contributed by atoms with van der Waals surface area (Å²) in [6, 6.07) is 11.7. The Labute approximate surface area is 186 Å². The van der Waals surface area contributed by atoms with Gasteiger partial charge in [0, 0.05) is 44.8 Å². The molecule has 1 aliphatic heterocycles. The van der Waals surface area contributed by atoms with Gasteiger partial charge < -0.3 is 5.32 Å². The SMILES string of the molecule is Cc1cc(C(=O)NCC(C)(C)N2CCc3ccccc3C2)cc(S(=O)(=O)N(C)C)c1C. The summed E-state index contributed by atoms with van der Waals surface area (Å²) in [4.78, 5) is 15.5. The van der Waals surface area contributed by atoms with E-state index in [9.17, 15) is 13.2 Å². The van der Waals surface area contributed by atoms with E-state index in [1.165, 1.54) is 35.6 Å². The summed E-state index contributed by atoms with van der Waals surface area (Å²) in [5.41, 5.74) is 4.30. The Morgan fingerprint density at radius 3 is 2.42 bits per heavy atom. The number of benzene rings is 2. The summed E-state index contributed by atoms with van der Waals surface area (Å²) in [5, 5.41) is 3.03. The number of nitrogens with one attached hydrogen (secondary N) is 1. The predicted octanol–water partition coefficient (Wildman–Crippen LogP) is 3.12. The molecule has 168 valence electrons. The van der Waals surface area contributed by atoms with Crippen molar-refractivity contribution < 1.29 is 13.2 Å². The van der Waals surface area contributed by atoms with E-state index < -0.39 is 10.0 Å². The van der Waals surface area contributed by atoms with Gasteiger partial charge in [0.05, 0.1) is 4.90 Å². The summed E-state index contributed by atoms with van der Waals surface area (Å²) >= 11 is 0. The van der Waals surface area contributed by atoms with Crippen molar-refractivity contribution in [3.63, 3.8) is 0 Å². The third-order valence-electron chi connectivity index (χ3n) is 6.31. The molecule has 0 bridgehead atoms. The minimum Gasteiger partial charge on any atom is -0.350 e. The van der Waals surface area contributed by atoms with E-state index in [4.69, 9.17) is 0 Å². The number of nitrogens with zero attached hydrogens (tertiary/aromatic N) is 2. The molecular weight excluding hydrogens is 410 g/mol. The molecule has 0 saturated carbocycles. The standard InChI is InChI=1S/C24H33N3O3S/c1-17-13-21(14-22(18(17)2)31(29,30)26(5)6)23(28)25-16-24(3,4)27-12-11-19-9-7-8-10-20(19)15-27/h7-10,13-14H,11-12,15-16H2,1-6H3,(H,25,28). The first kappa shape index (κ1) is 23.4. The van der Waals surface area contributed by atoms with Crippen LogP contribution in [-0.4, -0.2) is 56.3 Å². The molecule has 0 spiro atoms. The van der Waals surface area contributed by atoms with Gasteiger partial charge in [-0.05, 0) is 68.5 Å². The summed E-state index contributed by atoms with van der Waals surface area (Å²) in [6.45, 7) is 10.1. The quantitative estimate of drug-likeness (QED) is 0.745. The maximum atomic E-state index is 12.9. The molecule has 1 aliphatic rings. The first-order valence-corrected chi connectivity index (χ1v) is 12.0. The zero-order valence-electron chi connectivity index (χ0n) is 19.3. The van der Waals surface area contributed by atoms with E-state index in [1.807, 2.05) is 6.92 Å². The fourth-order valence-corrected chi connectivity index (χ4v) is 5.16. The van der Waals surface area contributed by atoms with Crippen molar-refractivity contribution in [3.8, 4) is 0 Å². The van der Waals surface area contributed by atoms with Crippen molar-refractivity contribution in [3.05, 3.63) is 64.2 Å². The highest BCUT2D eigenvalue weighted by atomic mass is 32.2. The van der Waals surface area contributed by atoms with E-state index >= 15 is 0 Å². The highest BCUT2D eigenvalue weighted by Crippen LogP contribution is 2.26. The van der Waals surface area contributed by atoms with Crippen LogP contribution >= 0.6 is 0 Å². The topological polar surface area (TPSA) is 69.7 Å². The van der Waals surface area contributed by atoms with Gasteiger partial charge in [-0.15, -0.1) is 0 Å². The lowest BCUT2D eigenvalue weighted by atomic mass is 9.94. The van der Waals surface area contributed by atoms with Crippen LogP contribution in [0, 0.1) is 13.8 Å². The second-order valence-corrected chi connectivity index (χ2v) is 11.3. The highest BCUT2D eigenvalue weighted by Gasteiger charge is 2.30. The first-order chi connectivity index (χ1) is 14.4. The molecule has 1 amide bonds. The number of fused-ring (bicyclic) bond motifs is 1. The van der Waals surface area contributed by atoms with Crippen molar-refractivity contribution in [2.45, 2.75) is 51.1 Å². The zero-order chi connectivity index (χ0) is 23.0. The number of carbonyl (C=O) groups excluding carboxylic acids is 1. The maximum Gasteiger partial charge on any atom is 0.251 e. The van der Waals surface area contributed by atoms with Gasteiger partial charge in [0.1, 0.15) is 0 Å². The van der Waals surface area contributed by atoms with Crippen LogP contribution in [0.3, 0.4) is 0 Å². The number of hydrogen-bond donors (Lipinski definition) is 1. The Bertz CT molecular complexity index is 1090. The van der Waals surface area contributed by atoms with Crippen LogP contribution in [0.4, 0.5) is 0 Å². The Kier molecular flexibility index (Phi) is 6.60. The Morgan fingerprint density at radius 1 is 1.13 bits per heavy atom. The van der Waals surface area contributed by atoms with Gasteiger partial charge in [-0.3, -0.25) is 9.69 Å². The largest absolute Gasteiger partial charge is 0.350 e. The van der Waals surface area contributed by atoms with Gasteiger partial charge in [-0.1, -0.05) is 24.3 Å². The van der Waals surface area contributed by atoms with Gasteiger partial charge in [0.15, 0.2) is 0 Å². The van der Waals surface area contributed by atoms with E-state index in [1.54, 1.807) is 13.0 Å². The molecule has 0 atom stereocenters. The van der Waals surface area contributed by atoms with Crippen molar-refractivity contribution >= 4 is 15.9 Å². The lowest BCUT2D eigenvalue weighted by molar-refractivity contribution is 0.0826. The van der Waals surface area contributed by atoms with Gasteiger partial charge in [-0.25, -0.2) is 12.7 Å². The Hall–Kier alpha value is -2.22. The molecule has 0 unspecified atom stereocenters. The normalized spacial score (nSPS) is 15.1. The van der Waals surface area contributed by atoms with Crippen molar-refractivity contribution in [2.24, 2.45) is 0 Å². The molecule has 7 heteroatoms. The number of carbonyl (C=O) groups is 1. The Balaban J connectivity index is 1.76. The molecule has 2 aromatic carbocycles. The molecule has 2 aromatic rings. The Morgan fingerprint density at radius 2 is 1.77 bits per heavy atom. The fourth-order valence-electron chi connectivity index (χ4n) is 3.95. The molecule has 31 heavy (non-hydrogen) atoms. The maximum absolute atomic E-state index is 12.9. The van der Waals surface area contributed by atoms with Gasteiger partial charge in [0.25, 0.3) is 5.91 Å². The summed E-state index contributed by atoms with van der Waals surface area (Å²) in [6.07, 6.45) is 0.996. The lowest BCUT2D eigenvalue weighted by Gasteiger charge is -2.41. The van der Waals surface area contributed by atoms with E-state index in [2.05, 4.69) is 48.3 Å². The molecule has 0 aromatic heterocycles. The number of aryl methyl sites for hydroxylation is 1. The average Bonchev–Trinajstić information content (AvgIpc) is 2.73. The number of rotatable bonds is 6. The van der Waals surface area contributed by atoms with Crippen LogP contribution in [0.2, 0.25) is 0 Å². The minimum atomic E-state index is -3.63. The summed E-state index contributed by atoms with van der Waals surface area (Å²) in [5.74, 6) is -0.260. The highest BCUT2D eigenvalue weighted by molar-refractivity contribution is 7.89. The molecule has 0 radical (unpaired) electrons. The van der Waals surface area contributed by atoms with Crippen LogP contribution in [0.5, 0.6) is 0 Å². The van der Waals surface area contributed by atoms with Crippen LogP contribution < -0.4 is 5.32 Å². The van der Waals surface area contributed by atoms with Crippen LogP contribution in [-0.2, 0) is 23.0 Å². The van der Waals surface area contributed by atoms with Gasteiger partial charge >= 0.3 is 0 Å². The molecule has 1 N–H and O–H groups in total. The van der Waals surface area contributed by atoms with Crippen LogP contribution in [0.25, 0.3) is 0 Å². The number of hydrogen-bond acceptors (Lipinski definition) is 4. The fraction of sp³-hybridized carbons (Fsp3) is 0.458. The third-order valence-corrected chi connectivity index (χ3v) is 8.25. The minimum absolute atomic E-state index is 0.176. The smallest absolute Gasteiger partial charge is 0.251 e. The predicted molar refractivity (Wildman–Crippen MR) is 124 cm³/mol. The molecule has 0 saturated heterocycles. The molecule has 1 heterocycles. The second kappa shape index (κ2) is 8.73. The summed E-state index contributed by atoms with van der Waals surface area (Å²) < 4.78 is 26.6. The second-order valence-electron chi connectivity index (χ2n) is 9.14. The number of sulfonamides is 1. The van der Waals surface area contributed by atoms with Crippen molar-refractivity contribution in [2.75, 3.05) is 27.2 Å². The molecule has 6 nitrogen and oxygen atoms in total. The molecule has 3 rings (SSSR count). The third kappa shape index (κ3) is 4.84.